The summed E-state index contributed by atoms with van der Waals surface area (Å²) in [6.45, 7) is 13.3. The molecule has 0 aliphatic carbocycles. The molecular weight excluding hydrogens is 374 g/mol. The highest BCUT2D eigenvalue weighted by atomic mass is 16.6. The van der Waals surface area contributed by atoms with E-state index >= 15 is 0 Å². The monoisotopic (exact) mass is 407 g/mol. The van der Waals surface area contributed by atoms with Crippen molar-refractivity contribution in [2.75, 3.05) is 18.4 Å². The molecule has 0 saturated carbocycles. The van der Waals surface area contributed by atoms with Crippen molar-refractivity contribution >= 4 is 18.0 Å². The number of β-amino-alcohol motifs (C(OH)–C–C–N with tert-alkyl or cyclic N) is 1. The molecule has 1 aliphatic heterocycles. The second-order valence-corrected chi connectivity index (χ2v) is 9.56. The summed E-state index contributed by atoms with van der Waals surface area (Å²) in [6, 6.07) is 3.66. The summed E-state index contributed by atoms with van der Waals surface area (Å²) in [7, 11) is 0. The number of aryl methyl sites for hydroxylation is 1. The number of rotatable bonds is 3. The number of pyridine rings is 1. The van der Waals surface area contributed by atoms with Crippen molar-refractivity contribution in [3.05, 3.63) is 23.4 Å². The number of ether oxygens (including phenoxy) is 2. The summed E-state index contributed by atoms with van der Waals surface area (Å²) in [5.74, 6) is 0.233. The third-order valence-corrected chi connectivity index (χ3v) is 4.18. The fourth-order valence-corrected chi connectivity index (χ4v) is 3.12. The number of carbonyl (C=O) groups excluding carboxylic acids is 2. The van der Waals surface area contributed by atoms with Gasteiger partial charge in [-0.15, -0.1) is 0 Å². The van der Waals surface area contributed by atoms with Crippen LogP contribution < -0.4 is 5.32 Å². The van der Waals surface area contributed by atoms with Gasteiger partial charge in [-0.25, -0.2) is 14.6 Å². The molecule has 0 bridgehead atoms. The summed E-state index contributed by atoms with van der Waals surface area (Å²) in [5.41, 5.74) is 0.472. The highest BCUT2D eigenvalue weighted by molar-refractivity contribution is 5.83. The Bertz CT molecular complexity index is 752. The summed E-state index contributed by atoms with van der Waals surface area (Å²) >= 11 is 0. The number of anilines is 1. The predicted octanol–water partition coefficient (Wildman–Crippen LogP) is 3.51. The van der Waals surface area contributed by atoms with Crippen molar-refractivity contribution in [2.24, 2.45) is 5.92 Å². The van der Waals surface area contributed by atoms with Gasteiger partial charge in [0, 0.05) is 18.2 Å². The van der Waals surface area contributed by atoms with Gasteiger partial charge in [0.1, 0.15) is 17.0 Å². The number of carbonyl (C=O) groups is 2. The van der Waals surface area contributed by atoms with Crippen LogP contribution in [0.2, 0.25) is 0 Å². The van der Waals surface area contributed by atoms with Crippen molar-refractivity contribution in [2.45, 2.75) is 72.2 Å². The Morgan fingerprint density at radius 3 is 2.34 bits per heavy atom. The largest absolute Gasteiger partial charge is 0.444 e. The number of aromatic nitrogens is 1. The number of hydrogen-bond donors (Lipinski definition) is 2. The fourth-order valence-electron chi connectivity index (χ4n) is 3.12. The van der Waals surface area contributed by atoms with Gasteiger partial charge in [0.05, 0.1) is 12.6 Å². The molecule has 0 aromatic carbocycles. The van der Waals surface area contributed by atoms with Gasteiger partial charge in [-0.2, -0.15) is 0 Å². The van der Waals surface area contributed by atoms with Crippen molar-refractivity contribution in [3.8, 4) is 0 Å². The van der Waals surface area contributed by atoms with Crippen LogP contribution in [0.25, 0.3) is 0 Å². The lowest BCUT2D eigenvalue weighted by Crippen LogP contribution is -2.35. The molecule has 0 radical (unpaired) electrons. The predicted molar refractivity (Wildman–Crippen MR) is 110 cm³/mol. The minimum atomic E-state index is -0.660. The lowest BCUT2D eigenvalue weighted by Gasteiger charge is -2.24. The summed E-state index contributed by atoms with van der Waals surface area (Å²) in [5, 5.41) is 13.1. The Hall–Kier alpha value is -2.35. The molecule has 0 unspecified atom stereocenters. The number of nitrogens with zero attached hydrogens (tertiary/aromatic N) is 2. The minimum Gasteiger partial charge on any atom is -0.444 e. The molecule has 162 valence electrons. The van der Waals surface area contributed by atoms with E-state index in [1.54, 1.807) is 26.8 Å². The van der Waals surface area contributed by atoms with Crippen LogP contribution in [0.3, 0.4) is 0 Å². The van der Waals surface area contributed by atoms with E-state index in [0.29, 0.717) is 18.8 Å². The Labute approximate surface area is 172 Å². The molecule has 2 amide bonds. The number of amides is 2. The van der Waals surface area contributed by atoms with Crippen LogP contribution in [0.1, 0.15) is 52.8 Å². The molecule has 2 N–H and O–H groups in total. The highest BCUT2D eigenvalue weighted by Gasteiger charge is 2.36. The van der Waals surface area contributed by atoms with E-state index in [-0.39, 0.29) is 12.5 Å². The lowest BCUT2D eigenvalue weighted by atomic mass is 9.99. The molecule has 2 heterocycles. The Morgan fingerprint density at radius 2 is 1.76 bits per heavy atom. The van der Waals surface area contributed by atoms with E-state index in [9.17, 15) is 14.7 Å². The normalized spacial score (nSPS) is 19.8. The number of hydrogen-bond acceptors (Lipinski definition) is 6. The Kier molecular flexibility index (Phi) is 6.78. The third kappa shape index (κ3) is 7.53. The quantitative estimate of drug-likeness (QED) is 0.795. The number of likely N-dealkylation sites (tertiary alicyclic amines) is 1. The van der Waals surface area contributed by atoms with Crippen molar-refractivity contribution in [1.82, 2.24) is 9.88 Å². The number of aliphatic hydroxyl groups is 1. The molecule has 1 saturated heterocycles. The average Bonchev–Trinajstić information content (AvgIpc) is 2.84. The number of nitrogens with one attached hydrogen (secondary N) is 1. The van der Waals surface area contributed by atoms with Gasteiger partial charge >= 0.3 is 12.2 Å². The number of aliphatic hydroxyl groups excluding tert-OH is 1. The lowest BCUT2D eigenvalue weighted by molar-refractivity contribution is 0.0269. The first-order chi connectivity index (χ1) is 13.2. The topological polar surface area (TPSA) is 101 Å². The summed E-state index contributed by atoms with van der Waals surface area (Å²) in [4.78, 5) is 30.3. The second-order valence-electron chi connectivity index (χ2n) is 9.56. The minimum absolute atomic E-state index is 0.161. The van der Waals surface area contributed by atoms with Gasteiger partial charge in [-0.1, -0.05) is 0 Å². The molecule has 8 heteroatoms. The second kappa shape index (κ2) is 8.57. The zero-order chi connectivity index (χ0) is 22.0. The first-order valence-corrected chi connectivity index (χ1v) is 9.85. The van der Waals surface area contributed by atoms with E-state index < -0.39 is 29.5 Å². The maximum atomic E-state index is 12.3. The standard InChI is InChI=1S/C21H33N3O5/c1-13-8-15(22-17(9-13)23-18(26)28-20(2,3)4)10-14-11-24(12-16(14)25)19(27)29-21(5,6)7/h8-9,14,16,25H,10-12H2,1-7H3,(H,22,23,26)/t14-,16-/m1/s1. The SMILES string of the molecule is Cc1cc(C[C@@H]2CN(C(=O)OC(C)(C)C)C[C@H]2O)nc(NC(=O)OC(C)(C)C)c1. The molecule has 1 aliphatic rings. The van der Waals surface area contributed by atoms with Crippen LogP contribution in [0.4, 0.5) is 15.4 Å². The molecule has 1 aromatic heterocycles. The van der Waals surface area contributed by atoms with Gasteiger partial charge in [0.25, 0.3) is 0 Å². The van der Waals surface area contributed by atoms with Crippen LogP contribution in [0, 0.1) is 12.8 Å². The van der Waals surface area contributed by atoms with Crippen molar-refractivity contribution < 1.29 is 24.2 Å². The van der Waals surface area contributed by atoms with Gasteiger partial charge in [-0.05, 0) is 72.6 Å². The van der Waals surface area contributed by atoms with Crippen LogP contribution >= 0.6 is 0 Å². The fraction of sp³-hybridized carbons (Fsp3) is 0.667. The van der Waals surface area contributed by atoms with Crippen molar-refractivity contribution in [3.63, 3.8) is 0 Å². The van der Waals surface area contributed by atoms with Crippen LogP contribution in [-0.4, -0.2) is 57.6 Å². The maximum absolute atomic E-state index is 12.3. The van der Waals surface area contributed by atoms with Gasteiger partial charge < -0.3 is 19.5 Å². The van der Waals surface area contributed by atoms with E-state index in [0.717, 1.165) is 11.3 Å². The van der Waals surface area contributed by atoms with Crippen LogP contribution in [0.15, 0.2) is 12.1 Å². The first kappa shape index (κ1) is 22.9. The molecule has 1 aromatic rings. The third-order valence-electron chi connectivity index (χ3n) is 4.18. The van der Waals surface area contributed by atoms with Gasteiger partial charge in [-0.3, -0.25) is 5.32 Å². The molecule has 29 heavy (non-hydrogen) atoms. The van der Waals surface area contributed by atoms with E-state index in [2.05, 4.69) is 10.3 Å². The van der Waals surface area contributed by atoms with E-state index in [1.165, 1.54) is 4.90 Å². The smallest absolute Gasteiger partial charge is 0.413 e. The van der Waals surface area contributed by atoms with E-state index in [1.807, 2.05) is 33.8 Å². The van der Waals surface area contributed by atoms with Crippen LogP contribution in [-0.2, 0) is 15.9 Å². The van der Waals surface area contributed by atoms with E-state index in [4.69, 9.17) is 9.47 Å². The van der Waals surface area contributed by atoms with Crippen molar-refractivity contribution in [1.29, 1.82) is 0 Å². The zero-order valence-corrected chi connectivity index (χ0v) is 18.4. The Balaban J connectivity index is 2.03. The van der Waals surface area contributed by atoms with Gasteiger partial charge in [0.2, 0.25) is 0 Å². The summed E-state index contributed by atoms with van der Waals surface area (Å²) in [6.07, 6.45) is -1.18. The molecule has 0 spiro atoms. The van der Waals surface area contributed by atoms with Crippen LogP contribution in [0.5, 0.6) is 0 Å². The molecular formula is C21H33N3O5. The maximum Gasteiger partial charge on any atom is 0.413 e. The molecule has 1 fully saturated rings. The molecule has 8 nitrogen and oxygen atoms in total. The first-order valence-electron chi connectivity index (χ1n) is 9.85. The zero-order valence-electron chi connectivity index (χ0n) is 18.4. The van der Waals surface area contributed by atoms with Gasteiger partial charge in [0.15, 0.2) is 0 Å². The Morgan fingerprint density at radius 1 is 1.14 bits per heavy atom. The molecule has 2 rings (SSSR count). The average molecular weight is 408 g/mol. The summed E-state index contributed by atoms with van der Waals surface area (Å²) < 4.78 is 10.7. The highest BCUT2D eigenvalue weighted by Crippen LogP contribution is 2.24. The molecule has 2 atom stereocenters.